The Morgan fingerprint density at radius 1 is 1.14 bits per heavy atom. The molecule has 2 amide bonds. The fourth-order valence-corrected chi connectivity index (χ4v) is 3.18. The first-order valence-electron chi connectivity index (χ1n) is 8.63. The Hall–Kier alpha value is -3.36. The Kier molecular flexibility index (Phi) is 4.72. The predicted molar refractivity (Wildman–Crippen MR) is 93.7 cm³/mol. The molecule has 0 spiro atoms. The van der Waals surface area contributed by atoms with Crippen LogP contribution in [0.5, 0.6) is 0 Å². The molecule has 6 nitrogen and oxygen atoms in total. The van der Waals surface area contributed by atoms with E-state index in [0.717, 1.165) is 12.1 Å². The number of halogens is 3. The molecule has 0 aliphatic carbocycles. The number of benzene rings is 2. The molecule has 1 N–H and O–H groups in total. The van der Waals surface area contributed by atoms with E-state index in [9.17, 15) is 18.0 Å². The first kappa shape index (κ1) is 18.0. The highest BCUT2D eigenvalue weighted by Crippen LogP contribution is 2.33. The van der Waals surface area contributed by atoms with Crippen LogP contribution < -0.4 is 5.32 Å². The van der Waals surface area contributed by atoms with Crippen molar-refractivity contribution in [1.29, 1.82) is 0 Å². The molecule has 28 heavy (non-hydrogen) atoms. The second-order valence-corrected chi connectivity index (χ2v) is 6.37. The van der Waals surface area contributed by atoms with E-state index < -0.39 is 29.5 Å². The molecule has 1 atom stereocenters. The van der Waals surface area contributed by atoms with Crippen LogP contribution in [0.4, 0.5) is 23.7 Å². The van der Waals surface area contributed by atoms with Crippen LogP contribution >= 0.6 is 0 Å². The minimum atomic E-state index is -0.806. The number of amides is 2. The first-order chi connectivity index (χ1) is 13.5. The lowest BCUT2D eigenvalue weighted by molar-refractivity contribution is 0.193. The number of carbonyl (C=O) groups excluding carboxylic acids is 1. The van der Waals surface area contributed by atoms with Crippen LogP contribution in [0.1, 0.15) is 24.8 Å². The van der Waals surface area contributed by atoms with Crippen molar-refractivity contribution >= 4 is 11.7 Å². The summed E-state index contributed by atoms with van der Waals surface area (Å²) < 4.78 is 45.6. The molecule has 1 aromatic heterocycles. The van der Waals surface area contributed by atoms with Gasteiger partial charge in [0.05, 0.1) is 5.56 Å². The maximum Gasteiger partial charge on any atom is 0.322 e. The molecule has 0 radical (unpaired) electrons. The van der Waals surface area contributed by atoms with E-state index in [1.165, 1.54) is 29.2 Å². The van der Waals surface area contributed by atoms with Crippen molar-refractivity contribution < 1.29 is 22.5 Å². The summed E-state index contributed by atoms with van der Waals surface area (Å²) in [6.45, 7) is 0.453. The maximum atomic E-state index is 13.9. The van der Waals surface area contributed by atoms with Crippen molar-refractivity contribution in [3.05, 3.63) is 65.8 Å². The third-order valence-corrected chi connectivity index (χ3v) is 4.49. The molecule has 1 saturated heterocycles. The summed E-state index contributed by atoms with van der Waals surface area (Å²) in [4.78, 5) is 18.3. The normalized spacial score (nSPS) is 16.4. The molecule has 1 unspecified atom stereocenters. The molecule has 0 bridgehead atoms. The molecule has 144 valence electrons. The highest BCUT2D eigenvalue weighted by atomic mass is 19.1. The Balaban J connectivity index is 1.54. The molecule has 9 heteroatoms. The molecule has 4 rings (SSSR count). The van der Waals surface area contributed by atoms with Crippen LogP contribution in [0.3, 0.4) is 0 Å². The highest BCUT2D eigenvalue weighted by Gasteiger charge is 2.34. The maximum absolute atomic E-state index is 13.9. The van der Waals surface area contributed by atoms with E-state index in [4.69, 9.17) is 4.52 Å². The van der Waals surface area contributed by atoms with Gasteiger partial charge in [0.25, 0.3) is 0 Å². The Morgan fingerprint density at radius 3 is 2.75 bits per heavy atom. The van der Waals surface area contributed by atoms with Gasteiger partial charge in [0.1, 0.15) is 23.5 Å². The second kappa shape index (κ2) is 7.34. The van der Waals surface area contributed by atoms with Crippen molar-refractivity contribution in [2.75, 3.05) is 11.9 Å². The van der Waals surface area contributed by atoms with Gasteiger partial charge >= 0.3 is 6.03 Å². The van der Waals surface area contributed by atoms with Crippen LogP contribution in [-0.4, -0.2) is 27.6 Å². The monoisotopic (exact) mass is 388 g/mol. The van der Waals surface area contributed by atoms with Gasteiger partial charge in [0.15, 0.2) is 0 Å². The van der Waals surface area contributed by atoms with Gasteiger partial charge in [-0.1, -0.05) is 11.2 Å². The lowest BCUT2D eigenvalue weighted by Gasteiger charge is -2.22. The Bertz CT molecular complexity index is 1020. The molecular formula is C19H15F3N4O2. The van der Waals surface area contributed by atoms with Crippen molar-refractivity contribution in [3.63, 3.8) is 0 Å². The average Bonchev–Trinajstić information content (AvgIpc) is 3.31. The van der Waals surface area contributed by atoms with Gasteiger partial charge in [-0.3, -0.25) is 0 Å². The van der Waals surface area contributed by atoms with E-state index >= 15 is 0 Å². The number of urea groups is 1. The standard InChI is InChI=1S/C19H15F3N4O2/c20-11-3-1-4-13(9-11)23-19(27)26-8-2-5-16(26)18-24-17(25-28-18)14-7-6-12(21)10-15(14)22/h1,3-4,6-7,9-10,16H,2,5,8H2,(H,23,27). The van der Waals surface area contributed by atoms with E-state index in [1.54, 1.807) is 6.07 Å². The number of aromatic nitrogens is 2. The van der Waals surface area contributed by atoms with Crippen molar-refractivity contribution in [2.24, 2.45) is 0 Å². The number of hydrogen-bond acceptors (Lipinski definition) is 4. The number of hydrogen-bond donors (Lipinski definition) is 1. The van der Waals surface area contributed by atoms with Crippen LogP contribution in [0.15, 0.2) is 47.0 Å². The quantitative estimate of drug-likeness (QED) is 0.716. The Labute approximate surface area is 158 Å². The molecule has 3 aromatic rings. The third-order valence-electron chi connectivity index (χ3n) is 4.49. The number of anilines is 1. The topological polar surface area (TPSA) is 71.3 Å². The average molecular weight is 388 g/mol. The zero-order valence-electron chi connectivity index (χ0n) is 14.5. The molecule has 1 aliphatic rings. The number of likely N-dealkylation sites (tertiary alicyclic amines) is 1. The summed E-state index contributed by atoms with van der Waals surface area (Å²) in [5.74, 6) is -1.84. The van der Waals surface area contributed by atoms with Crippen molar-refractivity contribution in [1.82, 2.24) is 15.0 Å². The van der Waals surface area contributed by atoms with Gasteiger partial charge in [-0.05, 0) is 43.2 Å². The fourth-order valence-electron chi connectivity index (χ4n) is 3.18. The van der Waals surface area contributed by atoms with E-state index in [2.05, 4.69) is 15.5 Å². The lowest BCUT2D eigenvalue weighted by atomic mass is 10.2. The molecule has 0 saturated carbocycles. The summed E-state index contributed by atoms with van der Waals surface area (Å²) in [6.07, 6.45) is 1.30. The van der Waals surface area contributed by atoms with Crippen LogP contribution in [0.2, 0.25) is 0 Å². The number of carbonyl (C=O) groups is 1. The van der Waals surface area contributed by atoms with Gasteiger partial charge < -0.3 is 14.7 Å². The van der Waals surface area contributed by atoms with Gasteiger partial charge in [-0.2, -0.15) is 4.98 Å². The van der Waals surface area contributed by atoms with E-state index in [0.29, 0.717) is 25.1 Å². The molecule has 1 aliphatic heterocycles. The minimum Gasteiger partial charge on any atom is -0.337 e. The van der Waals surface area contributed by atoms with Crippen LogP contribution in [-0.2, 0) is 0 Å². The molecule has 2 heterocycles. The number of nitrogens with one attached hydrogen (secondary N) is 1. The van der Waals surface area contributed by atoms with E-state index in [1.807, 2.05) is 0 Å². The van der Waals surface area contributed by atoms with Crippen molar-refractivity contribution in [3.8, 4) is 11.4 Å². The lowest BCUT2D eigenvalue weighted by Crippen LogP contribution is -2.34. The SMILES string of the molecule is O=C(Nc1cccc(F)c1)N1CCCC1c1nc(-c2ccc(F)cc2F)no1. The summed E-state index contributed by atoms with van der Waals surface area (Å²) in [6, 6.07) is 7.71. The smallest absolute Gasteiger partial charge is 0.322 e. The molecular weight excluding hydrogens is 373 g/mol. The summed E-state index contributed by atoms with van der Waals surface area (Å²) >= 11 is 0. The summed E-state index contributed by atoms with van der Waals surface area (Å²) in [5.41, 5.74) is 0.334. The third kappa shape index (κ3) is 3.55. The zero-order chi connectivity index (χ0) is 19.7. The van der Waals surface area contributed by atoms with Gasteiger partial charge in [-0.25, -0.2) is 18.0 Å². The first-order valence-corrected chi connectivity index (χ1v) is 8.63. The van der Waals surface area contributed by atoms with Gasteiger partial charge in [-0.15, -0.1) is 0 Å². The van der Waals surface area contributed by atoms with Crippen LogP contribution in [0.25, 0.3) is 11.4 Å². The van der Waals surface area contributed by atoms with Crippen molar-refractivity contribution in [2.45, 2.75) is 18.9 Å². The van der Waals surface area contributed by atoms with E-state index in [-0.39, 0.29) is 17.3 Å². The largest absolute Gasteiger partial charge is 0.337 e. The summed E-state index contributed by atoms with van der Waals surface area (Å²) in [7, 11) is 0. The predicted octanol–water partition coefficient (Wildman–Crippen LogP) is 4.52. The van der Waals surface area contributed by atoms with Gasteiger partial charge in [0, 0.05) is 18.3 Å². The van der Waals surface area contributed by atoms with Gasteiger partial charge in [0.2, 0.25) is 11.7 Å². The number of rotatable bonds is 3. The van der Waals surface area contributed by atoms with Crippen LogP contribution in [0, 0.1) is 17.5 Å². The Morgan fingerprint density at radius 2 is 1.96 bits per heavy atom. The molecule has 1 fully saturated rings. The fraction of sp³-hybridized carbons (Fsp3) is 0.211. The zero-order valence-corrected chi connectivity index (χ0v) is 14.5. The highest BCUT2D eigenvalue weighted by molar-refractivity contribution is 5.89. The number of nitrogens with zero attached hydrogens (tertiary/aromatic N) is 3. The second-order valence-electron chi connectivity index (χ2n) is 6.37. The molecule has 2 aromatic carbocycles. The summed E-state index contributed by atoms with van der Waals surface area (Å²) in [5, 5.41) is 6.39. The minimum absolute atomic E-state index is 0.00478.